The van der Waals surface area contributed by atoms with Crippen LogP contribution in [-0.4, -0.2) is 17.3 Å². The van der Waals surface area contributed by atoms with Crippen molar-refractivity contribution in [3.05, 3.63) is 28.8 Å². The molecule has 0 aliphatic heterocycles. The zero-order valence-corrected chi connectivity index (χ0v) is 14.5. The smallest absolute Gasteiger partial charge is 0.126 e. The van der Waals surface area contributed by atoms with E-state index in [1.165, 1.54) is 5.56 Å². The van der Waals surface area contributed by atoms with Gasteiger partial charge in [-0.15, -0.1) is 0 Å². The van der Waals surface area contributed by atoms with Crippen LogP contribution in [0.1, 0.15) is 65.2 Å². The molecule has 0 amide bonds. The maximum atomic E-state index is 10.4. The third kappa shape index (κ3) is 5.68. The lowest BCUT2D eigenvalue weighted by Crippen LogP contribution is -2.14. The fraction of sp³-hybridized carbons (Fsp3) is 0.667. The topological polar surface area (TPSA) is 38.7 Å². The predicted molar refractivity (Wildman–Crippen MR) is 86.7 cm³/mol. The van der Waals surface area contributed by atoms with E-state index in [0.717, 1.165) is 11.1 Å². The molecule has 0 radical (unpaired) electrons. The lowest BCUT2D eigenvalue weighted by Gasteiger charge is -2.23. The zero-order valence-electron chi connectivity index (χ0n) is 14.5. The molecule has 0 aliphatic rings. The average Bonchev–Trinajstić information content (AvgIpc) is 2.34. The van der Waals surface area contributed by atoms with Crippen LogP contribution in [0.5, 0.6) is 5.75 Å². The number of hydrogen-bond acceptors (Lipinski definition) is 3. The van der Waals surface area contributed by atoms with Crippen LogP contribution in [-0.2, 0) is 28.1 Å². The summed E-state index contributed by atoms with van der Waals surface area (Å²) in [5.41, 5.74) is 2.87. The molecule has 0 heterocycles. The zero-order chi connectivity index (χ0) is 16.2. The molecular weight excluding hydrogens is 264 g/mol. The van der Waals surface area contributed by atoms with Gasteiger partial charge in [-0.3, -0.25) is 0 Å². The molecule has 0 aliphatic carbocycles. The maximum Gasteiger partial charge on any atom is 0.126 e. The van der Waals surface area contributed by atoms with Gasteiger partial charge in [0.2, 0.25) is 0 Å². The van der Waals surface area contributed by atoms with Gasteiger partial charge in [-0.05, 0) is 50.8 Å². The number of ether oxygens (including phenoxy) is 2. The minimum atomic E-state index is 0.0207. The fourth-order valence-corrected chi connectivity index (χ4v) is 1.93. The Morgan fingerprint density at radius 1 is 0.905 bits per heavy atom. The van der Waals surface area contributed by atoms with Gasteiger partial charge in [0.15, 0.2) is 0 Å². The van der Waals surface area contributed by atoms with Crippen molar-refractivity contribution in [3.63, 3.8) is 0 Å². The summed E-state index contributed by atoms with van der Waals surface area (Å²) in [5, 5.41) is 10.4. The highest BCUT2D eigenvalue weighted by Gasteiger charge is 2.19. The molecule has 1 aromatic carbocycles. The van der Waals surface area contributed by atoms with Crippen molar-refractivity contribution < 1.29 is 14.6 Å². The molecule has 0 aromatic heterocycles. The number of benzene rings is 1. The molecule has 1 aromatic rings. The quantitative estimate of drug-likeness (QED) is 0.837. The van der Waals surface area contributed by atoms with Gasteiger partial charge in [0.05, 0.1) is 25.4 Å². The van der Waals surface area contributed by atoms with E-state index in [-0.39, 0.29) is 17.6 Å². The van der Waals surface area contributed by atoms with Crippen molar-refractivity contribution in [3.8, 4) is 5.75 Å². The van der Waals surface area contributed by atoms with E-state index < -0.39 is 0 Å². The maximum absolute atomic E-state index is 10.4. The highest BCUT2D eigenvalue weighted by Crippen LogP contribution is 2.32. The molecule has 0 spiro atoms. The lowest BCUT2D eigenvalue weighted by molar-refractivity contribution is 0.0600. The van der Waals surface area contributed by atoms with Gasteiger partial charge in [-0.1, -0.05) is 20.8 Å². The molecule has 0 unspecified atom stereocenters. The first-order valence-electron chi connectivity index (χ1n) is 7.69. The van der Waals surface area contributed by atoms with Crippen molar-refractivity contribution in [1.29, 1.82) is 0 Å². The van der Waals surface area contributed by atoms with Crippen molar-refractivity contribution >= 4 is 0 Å². The van der Waals surface area contributed by atoms with Crippen LogP contribution < -0.4 is 0 Å². The predicted octanol–water partition coefficient (Wildman–Crippen LogP) is 4.54. The van der Waals surface area contributed by atoms with Crippen LogP contribution in [0.4, 0.5) is 0 Å². The molecule has 0 saturated heterocycles. The van der Waals surface area contributed by atoms with E-state index in [2.05, 4.69) is 20.8 Å². The summed E-state index contributed by atoms with van der Waals surface area (Å²) in [6.45, 7) is 15.3. The van der Waals surface area contributed by atoms with Gasteiger partial charge in [-0.25, -0.2) is 0 Å². The number of rotatable bonds is 6. The molecular formula is C18H30O3. The highest BCUT2D eigenvalue weighted by atomic mass is 16.5. The Morgan fingerprint density at radius 2 is 1.29 bits per heavy atom. The van der Waals surface area contributed by atoms with E-state index in [0.29, 0.717) is 19.0 Å². The van der Waals surface area contributed by atoms with Crippen LogP contribution in [0, 0.1) is 0 Å². The summed E-state index contributed by atoms with van der Waals surface area (Å²) >= 11 is 0. The van der Waals surface area contributed by atoms with E-state index >= 15 is 0 Å². The Balaban J connectivity index is 3.13. The number of phenolic OH excluding ortho intramolecular Hbond substituents is 1. The second-order valence-electron chi connectivity index (χ2n) is 7.11. The molecule has 1 rings (SSSR count). The molecule has 0 bridgehead atoms. The monoisotopic (exact) mass is 294 g/mol. The van der Waals surface area contributed by atoms with Gasteiger partial charge >= 0.3 is 0 Å². The molecule has 3 heteroatoms. The summed E-state index contributed by atoms with van der Waals surface area (Å²) in [5.74, 6) is 0.296. The molecule has 21 heavy (non-hydrogen) atoms. The van der Waals surface area contributed by atoms with E-state index in [4.69, 9.17) is 9.47 Å². The van der Waals surface area contributed by atoms with Crippen LogP contribution >= 0.6 is 0 Å². The van der Waals surface area contributed by atoms with Crippen molar-refractivity contribution in [2.24, 2.45) is 0 Å². The second-order valence-corrected chi connectivity index (χ2v) is 7.11. The number of hydrogen-bond donors (Lipinski definition) is 1. The Labute approximate surface area is 129 Å². The highest BCUT2D eigenvalue weighted by molar-refractivity contribution is 5.45. The first-order chi connectivity index (χ1) is 9.61. The Hall–Kier alpha value is -1.06. The Morgan fingerprint density at radius 3 is 1.57 bits per heavy atom. The summed E-state index contributed by atoms with van der Waals surface area (Å²) in [6.07, 6.45) is 0.274. The summed E-state index contributed by atoms with van der Waals surface area (Å²) in [6, 6.07) is 4.08. The van der Waals surface area contributed by atoms with Crippen molar-refractivity contribution in [1.82, 2.24) is 0 Å². The summed E-state index contributed by atoms with van der Waals surface area (Å²) in [4.78, 5) is 0. The van der Waals surface area contributed by atoms with Gasteiger partial charge in [-0.2, -0.15) is 0 Å². The largest absolute Gasteiger partial charge is 0.507 e. The normalized spacial score (nSPS) is 12.4. The second kappa shape index (κ2) is 7.28. The van der Waals surface area contributed by atoms with Gasteiger partial charge in [0.1, 0.15) is 5.75 Å². The van der Waals surface area contributed by atoms with Crippen LogP contribution in [0.2, 0.25) is 0 Å². The van der Waals surface area contributed by atoms with Crippen molar-refractivity contribution in [2.45, 2.75) is 79.3 Å². The van der Waals surface area contributed by atoms with E-state index in [1.54, 1.807) is 0 Å². The molecule has 0 saturated carbocycles. The first-order valence-corrected chi connectivity index (χ1v) is 7.69. The van der Waals surface area contributed by atoms with Gasteiger partial charge in [0, 0.05) is 11.1 Å². The summed E-state index contributed by atoms with van der Waals surface area (Å²) < 4.78 is 11.3. The number of phenols is 1. The van der Waals surface area contributed by atoms with Crippen LogP contribution in [0.25, 0.3) is 0 Å². The standard InChI is InChI=1S/C18H30O3/c1-12(2)20-10-14-8-16(18(5,6)7)9-15(17(14)19)11-21-13(3)4/h8-9,12-13,19H,10-11H2,1-7H3. The first kappa shape index (κ1) is 18.0. The van der Waals surface area contributed by atoms with Gasteiger partial charge in [0.25, 0.3) is 0 Å². The number of aromatic hydroxyl groups is 1. The fourth-order valence-electron chi connectivity index (χ4n) is 1.93. The Kier molecular flexibility index (Phi) is 6.24. The molecule has 1 N–H and O–H groups in total. The minimum absolute atomic E-state index is 0.0207. The minimum Gasteiger partial charge on any atom is -0.507 e. The Bertz CT molecular complexity index is 423. The third-order valence-corrected chi connectivity index (χ3v) is 3.28. The molecule has 3 nitrogen and oxygen atoms in total. The van der Waals surface area contributed by atoms with E-state index in [1.807, 2.05) is 39.8 Å². The average molecular weight is 294 g/mol. The van der Waals surface area contributed by atoms with Crippen LogP contribution in [0.15, 0.2) is 12.1 Å². The molecule has 0 atom stereocenters. The molecule has 0 fully saturated rings. The summed E-state index contributed by atoms with van der Waals surface area (Å²) in [7, 11) is 0. The molecule has 120 valence electrons. The van der Waals surface area contributed by atoms with Crippen molar-refractivity contribution in [2.75, 3.05) is 0 Å². The SMILES string of the molecule is CC(C)OCc1cc(C(C)(C)C)cc(COC(C)C)c1O. The van der Waals surface area contributed by atoms with Gasteiger partial charge < -0.3 is 14.6 Å². The lowest BCUT2D eigenvalue weighted by atomic mass is 9.85. The third-order valence-electron chi connectivity index (χ3n) is 3.28. The van der Waals surface area contributed by atoms with Crippen LogP contribution in [0.3, 0.4) is 0 Å². The van der Waals surface area contributed by atoms with E-state index in [9.17, 15) is 5.11 Å².